The summed E-state index contributed by atoms with van der Waals surface area (Å²) in [7, 11) is 1.61. The van der Waals surface area contributed by atoms with Gasteiger partial charge in [-0.3, -0.25) is 9.36 Å². The predicted molar refractivity (Wildman–Crippen MR) is 195 cm³/mol. The molecule has 48 heavy (non-hydrogen) atoms. The van der Waals surface area contributed by atoms with E-state index in [9.17, 15) is 9.59 Å². The summed E-state index contributed by atoms with van der Waals surface area (Å²) in [6.45, 7) is 4.73. The van der Waals surface area contributed by atoms with Gasteiger partial charge >= 0.3 is 5.97 Å². The van der Waals surface area contributed by atoms with E-state index in [0.29, 0.717) is 39.3 Å². The van der Waals surface area contributed by atoms with Crippen molar-refractivity contribution < 1.29 is 14.3 Å². The zero-order chi connectivity index (χ0) is 33.4. The highest BCUT2D eigenvalue weighted by Crippen LogP contribution is 2.41. The lowest BCUT2D eigenvalue weighted by atomic mass is 9.90. The molecule has 1 aliphatic rings. The summed E-state index contributed by atoms with van der Waals surface area (Å²) in [6.07, 6.45) is 5.39. The fourth-order valence-corrected chi connectivity index (χ4v) is 7.85. The van der Waals surface area contributed by atoms with Crippen molar-refractivity contribution in [1.29, 1.82) is 0 Å². The van der Waals surface area contributed by atoms with E-state index < -0.39 is 12.0 Å². The van der Waals surface area contributed by atoms with Gasteiger partial charge in [-0.2, -0.15) is 0 Å². The van der Waals surface area contributed by atoms with Crippen molar-refractivity contribution in [3.63, 3.8) is 0 Å². The van der Waals surface area contributed by atoms with Crippen LogP contribution in [0.25, 0.3) is 27.8 Å². The molecule has 6 aromatic rings. The summed E-state index contributed by atoms with van der Waals surface area (Å²) in [5.74, 6) is 0.110. The fourth-order valence-electron chi connectivity index (χ4n) is 6.58. The molecule has 7 nitrogen and oxygen atoms in total. The van der Waals surface area contributed by atoms with Crippen molar-refractivity contribution in [2.45, 2.75) is 39.3 Å². The second kappa shape index (κ2) is 13.4. The van der Waals surface area contributed by atoms with Crippen LogP contribution >= 0.6 is 27.3 Å². The first-order valence-corrected chi connectivity index (χ1v) is 17.6. The highest BCUT2D eigenvalue weighted by atomic mass is 79.9. The number of benzene rings is 4. The molecule has 0 unspecified atom stereocenters. The maximum absolute atomic E-state index is 14.6. The van der Waals surface area contributed by atoms with E-state index in [0.717, 1.165) is 43.7 Å². The van der Waals surface area contributed by atoms with E-state index >= 15 is 0 Å². The largest absolute Gasteiger partial charge is 0.496 e. The van der Waals surface area contributed by atoms with Crippen LogP contribution in [0, 0.1) is 0 Å². The lowest BCUT2D eigenvalue weighted by Crippen LogP contribution is -2.40. The average Bonchev–Trinajstić information content (AvgIpc) is 3.60. The predicted octanol–water partition coefficient (Wildman–Crippen LogP) is 7.51. The summed E-state index contributed by atoms with van der Waals surface area (Å²) in [4.78, 5) is 34.0. The Balaban J connectivity index is 1.47. The number of rotatable bonds is 9. The van der Waals surface area contributed by atoms with Gasteiger partial charge in [-0.15, -0.1) is 0 Å². The summed E-state index contributed by atoms with van der Waals surface area (Å²) < 4.78 is 17.0. The molecule has 0 amide bonds. The van der Waals surface area contributed by atoms with E-state index in [1.165, 1.54) is 16.9 Å². The van der Waals surface area contributed by atoms with Gasteiger partial charge in [-0.1, -0.05) is 101 Å². The van der Waals surface area contributed by atoms with Crippen LogP contribution in [0.1, 0.15) is 49.4 Å². The van der Waals surface area contributed by atoms with Gasteiger partial charge in [-0.25, -0.2) is 9.79 Å². The number of carbonyl (C=O) groups is 1. The molecule has 0 saturated heterocycles. The van der Waals surface area contributed by atoms with Crippen molar-refractivity contribution in [3.8, 4) is 5.75 Å². The van der Waals surface area contributed by atoms with Gasteiger partial charge in [0.1, 0.15) is 11.8 Å². The first-order valence-electron chi connectivity index (χ1n) is 16.0. The van der Waals surface area contributed by atoms with Gasteiger partial charge < -0.3 is 14.0 Å². The highest BCUT2D eigenvalue weighted by Gasteiger charge is 2.37. The number of methoxy groups -OCH3 is 1. The molecular formula is C39H34BrN3O4S. The summed E-state index contributed by atoms with van der Waals surface area (Å²) >= 11 is 4.87. The Labute approximate surface area is 290 Å². The minimum absolute atomic E-state index is 0.204. The van der Waals surface area contributed by atoms with E-state index in [-0.39, 0.29) is 12.2 Å². The van der Waals surface area contributed by atoms with Crippen LogP contribution in [0.15, 0.2) is 117 Å². The molecule has 0 aliphatic carbocycles. The minimum atomic E-state index is -0.788. The first kappa shape index (κ1) is 31.8. The summed E-state index contributed by atoms with van der Waals surface area (Å²) in [5.41, 5.74) is 4.71. The number of nitrogens with zero attached hydrogens (tertiary/aromatic N) is 3. The Morgan fingerprint density at radius 3 is 2.48 bits per heavy atom. The molecular weight excluding hydrogens is 686 g/mol. The highest BCUT2D eigenvalue weighted by molar-refractivity contribution is 9.10. The van der Waals surface area contributed by atoms with Crippen LogP contribution in [0.3, 0.4) is 0 Å². The summed E-state index contributed by atoms with van der Waals surface area (Å²) in [6, 6.07) is 27.6. The molecule has 0 N–H and O–H groups in total. The van der Waals surface area contributed by atoms with E-state index in [4.69, 9.17) is 14.5 Å². The molecule has 1 aliphatic heterocycles. The van der Waals surface area contributed by atoms with Crippen LogP contribution in [0.4, 0.5) is 0 Å². The molecule has 4 aromatic carbocycles. The van der Waals surface area contributed by atoms with Crippen LogP contribution in [0.2, 0.25) is 0 Å². The number of aromatic nitrogens is 2. The van der Waals surface area contributed by atoms with Crippen molar-refractivity contribution in [1.82, 2.24) is 9.13 Å². The number of hydrogen-bond acceptors (Lipinski definition) is 6. The van der Waals surface area contributed by atoms with Crippen LogP contribution in [-0.2, 0) is 16.1 Å². The molecule has 2 aromatic heterocycles. The summed E-state index contributed by atoms with van der Waals surface area (Å²) in [5, 5.41) is 2.92. The molecule has 7 rings (SSSR count). The Kier molecular flexibility index (Phi) is 8.90. The maximum Gasteiger partial charge on any atom is 0.338 e. The van der Waals surface area contributed by atoms with Crippen molar-refractivity contribution in [2.24, 2.45) is 4.99 Å². The monoisotopic (exact) mass is 719 g/mol. The Bertz CT molecular complexity index is 2400. The van der Waals surface area contributed by atoms with Crippen molar-refractivity contribution in [3.05, 3.63) is 143 Å². The average molecular weight is 721 g/mol. The van der Waals surface area contributed by atoms with Gasteiger partial charge in [0.05, 0.1) is 29.5 Å². The number of hydrogen-bond donors (Lipinski definition) is 0. The van der Waals surface area contributed by atoms with Crippen molar-refractivity contribution >= 4 is 61.0 Å². The molecule has 1 atom stereocenters. The SMILES string of the molecule is CCCC1=C(C(=O)OCC)[C@@H](c2c(OC)ccc3ccccc23)n2c(s/c(=C/c3cn(Cc4ccc(Br)cc4)c4ccccc34)c2=O)=N1. The lowest BCUT2D eigenvalue weighted by molar-refractivity contribution is -0.139. The third kappa shape index (κ3) is 5.71. The topological polar surface area (TPSA) is 74.8 Å². The first-order chi connectivity index (χ1) is 23.4. The van der Waals surface area contributed by atoms with Gasteiger partial charge in [0.15, 0.2) is 4.80 Å². The second-order valence-corrected chi connectivity index (χ2v) is 13.6. The third-order valence-electron chi connectivity index (χ3n) is 8.69. The molecule has 0 fully saturated rings. The van der Waals surface area contributed by atoms with E-state index in [2.05, 4.69) is 57.9 Å². The zero-order valence-electron chi connectivity index (χ0n) is 26.9. The minimum Gasteiger partial charge on any atom is -0.496 e. The Morgan fingerprint density at radius 1 is 0.979 bits per heavy atom. The standard InChI is InChI=1S/C39H34BrN3O4S/c1-4-10-30-35(38(45)47-5-2)36(34-29-13-7-6-11-25(29)17-20-32(34)46-3)43-37(44)33(48-39(43)41-30)21-26-23-42(31-14-9-8-12-28(26)31)22-24-15-18-27(40)19-16-24/h6-9,11-21,23,36H,4-5,10,22H2,1-3H3/b33-21+/t36-/m1/s1. The van der Waals surface area contributed by atoms with Gasteiger partial charge in [0, 0.05) is 39.2 Å². The normalized spacial score (nSPS) is 14.8. The Hall–Kier alpha value is -4.73. The number of fused-ring (bicyclic) bond motifs is 3. The molecule has 0 spiro atoms. The number of esters is 1. The van der Waals surface area contributed by atoms with Crippen molar-refractivity contribution in [2.75, 3.05) is 13.7 Å². The Morgan fingerprint density at radius 2 is 1.73 bits per heavy atom. The van der Waals surface area contributed by atoms with Gasteiger partial charge in [0.25, 0.3) is 5.56 Å². The lowest BCUT2D eigenvalue weighted by Gasteiger charge is -2.28. The molecule has 9 heteroatoms. The van der Waals surface area contributed by atoms with Gasteiger partial charge in [0.2, 0.25) is 0 Å². The second-order valence-electron chi connectivity index (χ2n) is 11.7. The van der Waals surface area contributed by atoms with E-state index in [1.54, 1.807) is 18.6 Å². The molecule has 242 valence electrons. The molecule has 3 heterocycles. The molecule has 0 saturated carbocycles. The molecule has 0 radical (unpaired) electrons. The zero-order valence-corrected chi connectivity index (χ0v) is 29.3. The number of carbonyl (C=O) groups excluding carboxylic acids is 1. The van der Waals surface area contributed by atoms with Crippen LogP contribution < -0.4 is 19.6 Å². The van der Waals surface area contributed by atoms with Crippen LogP contribution in [0.5, 0.6) is 5.75 Å². The molecule has 0 bridgehead atoms. The fraction of sp³-hybridized carbons (Fsp3) is 0.205. The number of thiazole rings is 1. The van der Waals surface area contributed by atoms with E-state index in [1.807, 2.05) is 66.7 Å². The maximum atomic E-state index is 14.6. The van der Waals surface area contributed by atoms with Gasteiger partial charge in [-0.05, 0) is 60.0 Å². The third-order valence-corrected chi connectivity index (χ3v) is 10.2. The number of ether oxygens (including phenoxy) is 2. The quantitative estimate of drug-likeness (QED) is 0.145. The van der Waals surface area contributed by atoms with Crippen LogP contribution in [-0.4, -0.2) is 28.8 Å². The number of halogens is 1. The number of allylic oxidation sites excluding steroid dienone is 1. The smallest absolute Gasteiger partial charge is 0.338 e. The number of para-hydroxylation sites is 1.